The predicted octanol–water partition coefficient (Wildman–Crippen LogP) is 3.20. The molecule has 0 aliphatic rings. The smallest absolute Gasteiger partial charge is 0.269 e. The van der Waals surface area contributed by atoms with E-state index in [0.29, 0.717) is 18.6 Å². The van der Waals surface area contributed by atoms with Gasteiger partial charge in [0.15, 0.2) is 0 Å². The maximum absolute atomic E-state index is 10.8. The maximum Gasteiger partial charge on any atom is 0.269 e. The van der Waals surface area contributed by atoms with Crippen molar-refractivity contribution in [1.29, 1.82) is 0 Å². The summed E-state index contributed by atoms with van der Waals surface area (Å²) in [6, 6.07) is 7.58. The quantitative estimate of drug-likeness (QED) is 0.423. The molecule has 0 aliphatic carbocycles. The molecule has 1 aromatic heterocycles. The van der Waals surface area contributed by atoms with Crippen LogP contribution in [0.3, 0.4) is 0 Å². The highest BCUT2D eigenvalue weighted by Gasteiger charge is 2.14. The summed E-state index contributed by atoms with van der Waals surface area (Å²) < 4.78 is 1.78. The monoisotopic (exact) mass is 359 g/mol. The van der Waals surface area contributed by atoms with E-state index in [4.69, 9.17) is 0 Å². The lowest BCUT2D eigenvalue weighted by Gasteiger charge is -2.30. The van der Waals surface area contributed by atoms with Crippen LogP contribution in [-0.4, -0.2) is 44.8 Å². The van der Waals surface area contributed by atoms with Gasteiger partial charge < -0.3 is 5.32 Å². The molecule has 1 heterocycles. The van der Waals surface area contributed by atoms with Crippen molar-refractivity contribution in [3.63, 3.8) is 0 Å². The van der Waals surface area contributed by atoms with Gasteiger partial charge in [0.1, 0.15) is 0 Å². The maximum atomic E-state index is 10.8. The zero-order chi connectivity index (χ0) is 19.3. The van der Waals surface area contributed by atoms with E-state index in [1.807, 2.05) is 13.2 Å². The van der Waals surface area contributed by atoms with Crippen LogP contribution in [0.1, 0.15) is 33.3 Å². The van der Waals surface area contributed by atoms with Gasteiger partial charge in [-0.3, -0.25) is 19.7 Å². The van der Waals surface area contributed by atoms with Crippen LogP contribution in [-0.2, 0) is 13.6 Å². The van der Waals surface area contributed by atoms with Crippen LogP contribution in [0.2, 0.25) is 0 Å². The molecule has 142 valence electrons. The molecule has 7 nitrogen and oxygen atoms in total. The van der Waals surface area contributed by atoms with Gasteiger partial charge in [0.2, 0.25) is 0 Å². The molecule has 1 N–H and O–H groups in total. The second-order valence-electron chi connectivity index (χ2n) is 7.08. The van der Waals surface area contributed by atoms with Crippen LogP contribution >= 0.6 is 0 Å². The Labute approximate surface area is 155 Å². The number of nitrogens with zero attached hydrogens (tertiary/aromatic N) is 4. The minimum atomic E-state index is -0.389. The highest BCUT2D eigenvalue weighted by atomic mass is 16.6. The van der Waals surface area contributed by atoms with Crippen molar-refractivity contribution in [3.05, 3.63) is 46.1 Å². The van der Waals surface area contributed by atoms with E-state index in [1.54, 1.807) is 16.8 Å². The average Bonchev–Trinajstić information content (AvgIpc) is 2.94. The van der Waals surface area contributed by atoms with Crippen molar-refractivity contribution >= 4 is 5.69 Å². The first-order chi connectivity index (χ1) is 12.3. The van der Waals surface area contributed by atoms with Gasteiger partial charge in [-0.15, -0.1) is 0 Å². The van der Waals surface area contributed by atoms with Crippen molar-refractivity contribution in [2.24, 2.45) is 7.05 Å². The molecule has 0 saturated carbocycles. The van der Waals surface area contributed by atoms with E-state index in [9.17, 15) is 10.1 Å². The van der Waals surface area contributed by atoms with E-state index in [-0.39, 0.29) is 10.6 Å². The number of rotatable bonds is 9. The zero-order valence-electron chi connectivity index (χ0n) is 16.3. The Bertz CT molecular complexity index is 714. The van der Waals surface area contributed by atoms with Gasteiger partial charge in [-0.2, -0.15) is 5.10 Å². The van der Waals surface area contributed by atoms with E-state index in [0.717, 1.165) is 29.9 Å². The predicted molar refractivity (Wildman–Crippen MR) is 104 cm³/mol. The Balaban J connectivity index is 2.01. The summed E-state index contributed by atoms with van der Waals surface area (Å²) in [4.78, 5) is 12.9. The van der Waals surface area contributed by atoms with Crippen molar-refractivity contribution in [2.75, 3.05) is 13.1 Å². The highest BCUT2D eigenvalue weighted by molar-refractivity contribution is 5.64. The summed E-state index contributed by atoms with van der Waals surface area (Å²) in [5.74, 6) is 0. The van der Waals surface area contributed by atoms with E-state index < -0.39 is 0 Å². The number of benzene rings is 1. The molecule has 0 unspecified atom stereocenters. The molecule has 0 saturated heterocycles. The number of aryl methyl sites for hydroxylation is 1. The van der Waals surface area contributed by atoms with Crippen LogP contribution in [0.25, 0.3) is 11.3 Å². The Hall–Kier alpha value is -2.25. The lowest BCUT2D eigenvalue weighted by atomic mass is 10.1. The molecular formula is C19H29N5O2. The number of hydrogen-bond acceptors (Lipinski definition) is 5. The van der Waals surface area contributed by atoms with Crippen LogP contribution in [0.5, 0.6) is 0 Å². The summed E-state index contributed by atoms with van der Waals surface area (Å²) in [5.41, 5.74) is 2.92. The minimum absolute atomic E-state index is 0.0896. The summed E-state index contributed by atoms with van der Waals surface area (Å²) in [5, 5.41) is 18.8. The first-order valence-corrected chi connectivity index (χ1v) is 9.03. The number of nitro groups is 1. The number of nitro benzene ring substituents is 1. The van der Waals surface area contributed by atoms with Crippen molar-refractivity contribution < 1.29 is 4.92 Å². The Morgan fingerprint density at radius 2 is 1.81 bits per heavy atom. The first-order valence-electron chi connectivity index (χ1n) is 9.03. The SMILES string of the molecule is CC(C)N(CCNCc1cn(C)nc1-c1ccc([N+](=O)[O-])cc1)C(C)C. The molecule has 0 atom stereocenters. The fraction of sp³-hybridized carbons (Fsp3) is 0.526. The Kier molecular flexibility index (Phi) is 6.88. The molecule has 7 heteroatoms. The summed E-state index contributed by atoms with van der Waals surface area (Å²) in [7, 11) is 1.89. The second-order valence-corrected chi connectivity index (χ2v) is 7.08. The van der Waals surface area contributed by atoms with E-state index in [1.165, 1.54) is 12.1 Å². The minimum Gasteiger partial charge on any atom is -0.311 e. The van der Waals surface area contributed by atoms with E-state index >= 15 is 0 Å². The number of nitrogens with one attached hydrogen (secondary N) is 1. The van der Waals surface area contributed by atoms with Crippen LogP contribution in [0.4, 0.5) is 5.69 Å². The van der Waals surface area contributed by atoms with Gasteiger partial charge >= 0.3 is 0 Å². The molecular weight excluding hydrogens is 330 g/mol. The molecule has 0 amide bonds. The third kappa shape index (κ3) is 5.12. The lowest BCUT2D eigenvalue weighted by Crippen LogP contribution is -2.41. The first kappa shape index (κ1) is 20.1. The van der Waals surface area contributed by atoms with Crippen LogP contribution < -0.4 is 5.32 Å². The van der Waals surface area contributed by atoms with Gasteiger partial charge in [-0.1, -0.05) is 0 Å². The number of hydrogen-bond donors (Lipinski definition) is 1. The van der Waals surface area contributed by atoms with Crippen molar-refractivity contribution in [1.82, 2.24) is 20.0 Å². The Morgan fingerprint density at radius 1 is 1.19 bits per heavy atom. The Morgan fingerprint density at radius 3 is 2.35 bits per heavy atom. The average molecular weight is 359 g/mol. The summed E-state index contributed by atoms with van der Waals surface area (Å²) >= 11 is 0. The molecule has 26 heavy (non-hydrogen) atoms. The summed E-state index contributed by atoms with van der Waals surface area (Å²) in [6.07, 6.45) is 1.99. The van der Waals surface area contributed by atoms with E-state index in [2.05, 4.69) is 43.0 Å². The molecule has 1 aromatic carbocycles. The molecule has 2 rings (SSSR count). The second kappa shape index (κ2) is 8.91. The number of aromatic nitrogens is 2. The molecule has 0 aliphatic heterocycles. The van der Waals surface area contributed by atoms with Gasteiger partial charge in [-0.05, 0) is 39.8 Å². The summed E-state index contributed by atoms with van der Waals surface area (Å²) in [6.45, 7) is 11.5. The standard InChI is InChI=1S/C19H29N5O2/c1-14(2)23(15(3)4)11-10-20-12-17-13-22(5)21-19(17)16-6-8-18(9-7-16)24(25)26/h6-9,13-15,20H,10-12H2,1-5H3. The topological polar surface area (TPSA) is 76.2 Å². The van der Waals surface area contributed by atoms with Gasteiger partial charge in [0, 0.05) is 68.2 Å². The van der Waals surface area contributed by atoms with Crippen LogP contribution in [0, 0.1) is 10.1 Å². The van der Waals surface area contributed by atoms with Gasteiger partial charge in [-0.25, -0.2) is 0 Å². The third-order valence-electron chi connectivity index (χ3n) is 4.44. The zero-order valence-corrected chi connectivity index (χ0v) is 16.3. The molecule has 0 fully saturated rings. The molecule has 0 radical (unpaired) electrons. The molecule has 0 spiro atoms. The normalized spacial score (nSPS) is 11.7. The van der Waals surface area contributed by atoms with Gasteiger partial charge in [0.05, 0.1) is 10.6 Å². The molecule has 0 bridgehead atoms. The number of non-ortho nitro benzene ring substituents is 1. The van der Waals surface area contributed by atoms with Crippen molar-refractivity contribution in [2.45, 2.75) is 46.3 Å². The third-order valence-corrected chi connectivity index (χ3v) is 4.44. The highest BCUT2D eigenvalue weighted by Crippen LogP contribution is 2.24. The fourth-order valence-electron chi connectivity index (χ4n) is 3.19. The molecule has 2 aromatic rings. The largest absolute Gasteiger partial charge is 0.311 e. The fourth-order valence-corrected chi connectivity index (χ4v) is 3.19. The van der Waals surface area contributed by atoms with Gasteiger partial charge in [0.25, 0.3) is 5.69 Å². The van der Waals surface area contributed by atoms with Crippen molar-refractivity contribution in [3.8, 4) is 11.3 Å². The lowest BCUT2D eigenvalue weighted by molar-refractivity contribution is -0.384. The van der Waals surface area contributed by atoms with Crippen LogP contribution in [0.15, 0.2) is 30.5 Å².